The lowest BCUT2D eigenvalue weighted by atomic mass is 10.2. The van der Waals surface area contributed by atoms with Gasteiger partial charge in [0, 0.05) is 58.5 Å². The smallest absolute Gasteiger partial charge is 0.293 e. The van der Waals surface area contributed by atoms with Gasteiger partial charge in [-0.2, -0.15) is 0 Å². The maximum atomic E-state index is 12.4. The van der Waals surface area contributed by atoms with E-state index in [1.807, 2.05) is 0 Å². The molecule has 0 radical (unpaired) electrons. The Balaban J connectivity index is 1.66. The lowest BCUT2D eigenvalue weighted by Gasteiger charge is -2.34. The van der Waals surface area contributed by atoms with Crippen molar-refractivity contribution in [1.29, 1.82) is 0 Å². The van der Waals surface area contributed by atoms with Crippen LogP contribution in [-0.2, 0) is 11.8 Å². The van der Waals surface area contributed by atoms with E-state index < -0.39 is 0 Å². The zero-order valence-corrected chi connectivity index (χ0v) is 13.8. The van der Waals surface area contributed by atoms with E-state index in [9.17, 15) is 9.59 Å². The predicted octanol–water partition coefficient (Wildman–Crippen LogP) is 0.0858. The van der Waals surface area contributed by atoms with Gasteiger partial charge in [-0.15, -0.1) is 0 Å². The molecular weight excluding hydrogens is 310 g/mol. The average molecular weight is 331 g/mol. The molecule has 2 aromatic rings. The fraction of sp³-hybridized carbons (Fsp3) is 0.438. The van der Waals surface area contributed by atoms with Gasteiger partial charge in [-0.1, -0.05) is 0 Å². The van der Waals surface area contributed by atoms with Gasteiger partial charge >= 0.3 is 0 Å². The van der Waals surface area contributed by atoms with Crippen LogP contribution in [0, 0.1) is 0 Å². The minimum atomic E-state index is -0.168. The number of carbonyl (C=O) groups is 1. The summed E-state index contributed by atoms with van der Waals surface area (Å²) in [5.41, 5.74) is 0.485. The Kier molecular flexibility index (Phi) is 4.66. The van der Waals surface area contributed by atoms with Crippen LogP contribution in [0.25, 0.3) is 0 Å². The van der Waals surface area contributed by atoms with Crippen molar-refractivity contribution in [3.8, 4) is 0 Å². The number of ether oxygens (including phenoxy) is 1. The lowest BCUT2D eigenvalue weighted by molar-refractivity contribution is -0.0172. The van der Waals surface area contributed by atoms with Gasteiger partial charge in [-0.25, -0.2) is 4.98 Å². The van der Waals surface area contributed by atoms with E-state index in [-0.39, 0.29) is 17.6 Å². The number of likely N-dealkylation sites (N-methyl/N-ethyl adjacent to an activating group) is 1. The minimum Gasteiger partial charge on any atom is -0.373 e. The van der Waals surface area contributed by atoms with Crippen molar-refractivity contribution in [3.63, 3.8) is 0 Å². The summed E-state index contributed by atoms with van der Waals surface area (Å²) in [5, 5.41) is 0. The number of nitrogens with one attached hydrogen (secondary N) is 1. The lowest BCUT2D eigenvalue weighted by Crippen LogP contribution is -2.49. The first kappa shape index (κ1) is 16.3. The third-order valence-corrected chi connectivity index (χ3v) is 4.11. The molecular formula is C16H21N5O3. The van der Waals surface area contributed by atoms with Gasteiger partial charge < -0.3 is 24.1 Å². The van der Waals surface area contributed by atoms with Gasteiger partial charge in [-0.05, 0) is 6.07 Å². The summed E-state index contributed by atoms with van der Waals surface area (Å²) >= 11 is 0. The van der Waals surface area contributed by atoms with E-state index in [1.54, 1.807) is 54.7 Å². The van der Waals surface area contributed by atoms with E-state index in [4.69, 9.17) is 4.74 Å². The van der Waals surface area contributed by atoms with Crippen molar-refractivity contribution in [2.75, 3.05) is 38.2 Å². The number of hydrogen-bond donors (Lipinski definition) is 1. The molecule has 1 saturated heterocycles. The number of aromatic amines is 1. The molecule has 0 bridgehead atoms. The second-order valence-corrected chi connectivity index (χ2v) is 5.89. The van der Waals surface area contributed by atoms with E-state index in [0.29, 0.717) is 37.6 Å². The van der Waals surface area contributed by atoms with Crippen LogP contribution >= 0.6 is 0 Å². The number of morpholine rings is 1. The molecule has 24 heavy (non-hydrogen) atoms. The Morgan fingerprint density at radius 1 is 1.54 bits per heavy atom. The van der Waals surface area contributed by atoms with Crippen LogP contribution < -0.4 is 10.5 Å². The second-order valence-electron chi connectivity index (χ2n) is 5.89. The highest BCUT2D eigenvalue weighted by Gasteiger charge is 2.26. The quantitative estimate of drug-likeness (QED) is 0.858. The fourth-order valence-electron chi connectivity index (χ4n) is 2.79. The molecule has 8 heteroatoms. The standard InChI is InChI=1S/C16H21N5O3/c1-19-6-5-18-14(16(19)23)20(2)10-13-11-21(7-8-24-13)15(22)12-3-4-17-9-12/h3-6,9,13,17H,7-8,10-11H2,1-2H3. The third kappa shape index (κ3) is 3.33. The average Bonchev–Trinajstić information content (AvgIpc) is 3.11. The number of carbonyl (C=O) groups excluding carboxylic acids is 1. The molecule has 1 unspecified atom stereocenters. The first-order chi connectivity index (χ1) is 11.6. The van der Waals surface area contributed by atoms with E-state index in [0.717, 1.165) is 0 Å². The highest BCUT2D eigenvalue weighted by molar-refractivity contribution is 5.94. The number of nitrogens with zero attached hydrogens (tertiary/aromatic N) is 4. The molecule has 2 aromatic heterocycles. The van der Waals surface area contributed by atoms with Crippen LogP contribution in [0.5, 0.6) is 0 Å². The van der Waals surface area contributed by atoms with Crippen LogP contribution in [0.1, 0.15) is 10.4 Å². The molecule has 0 saturated carbocycles. The zero-order chi connectivity index (χ0) is 17.1. The van der Waals surface area contributed by atoms with Crippen LogP contribution in [0.2, 0.25) is 0 Å². The van der Waals surface area contributed by atoms with E-state index in [2.05, 4.69) is 9.97 Å². The van der Waals surface area contributed by atoms with Gasteiger partial charge in [0.2, 0.25) is 0 Å². The Morgan fingerprint density at radius 3 is 3.12 bits per heavy atom. The van der Waals surface area contributed by atoms with Crippen molar-refractivity contribution in [1.82, 2.24) is 19.4 Å². The number of aromatic nitrogens is 3. The zero-order valence-electron chi connectivity index (χ0n) is 13.8. The molecule has 1 aliphatic rings. The summed E-state index contributed by atoms with van der Waals surface area (Å²) in [6, 6.07) is 1.76. The van der Waals surface area contributed by atoms with Crippen molar-refractivity contribution in [3.05, 3.63) is 46.8 Å². The molecule has 0 aromatic carbocycles. The summed E-state index contributed by atoms with van der Waals surface area (Å²) in [5.74, 6) is 0.360. The summed E-state index contributed by atoms with van der Waals surface area (Å²) in [4.78, 5) is 35.2. The Hall–Kier alpha value is -2.61. The van der Waals surface area contributed by atoms with Gasteiger partial charge in [0.1, 0.15) is 0 Å². The number of rotatable bonds is 4. The maximum absolute atomic E-state index is 12.4. The van der Waals surface area contributed by atoms with Crippen molar-refractivity contribution in [2.45, 2.75) is 6.10 Å². The fourth-order valence-corrected chi connectivity index (χ4v) is 2.79. The van der Waals surface area contributed by atoms with E-state index >= 15 is 0 Å². The van der Waals surface area contributed by atoms with Crippen molar-refractivity contribution in [2.24, 2.45) is 7.05 Å². The molecule has 128 valence electrons. The number of anilines is 1. The number of H-pyrrole nitrogens is 1. The normalized spacial score (nSPS) is 17.8. The summed E-state index contributed by atoms with van der Waals surface area (Å²) in [6.07, 6.45) is 6.47. The SMILES string of the molecule is CN(CC1CN(C(=O)c2cc[nH]c2)CCO1)c1nccn(C)c1=O. The highest BCUT2D eigenvalue weighted by atomic mass is 16.5. The van der Waals surface area contributed by atoms with Gasteiger partial charge in [0.25, 0.3) is 11.5 Å². The molecule has 3 rings (SSSR count). The highest BCUT2D eigenvalue weighted by Crippen LogP contribution is 2.12. The molecule has 1 atom stereocenters. The largest absolute Gasteiger partial charge is 0.373 e. The predicted molar refractivity (Wildman–Crippen MR) is 89.2 cm³/mol. The topological polar surface area (TPSA) is 83.5 Å². The summed E-state index contributed by atoms with van der Waals surface area (Å²) in [7, 11) is 3.50. The second kappa shape index (κ2) is 6.88. The van der Waals surface area contributed by atoms with Crippen LogP contribution in [0.15, 0.2) is 35.6 Å². The molecule has 0 spiro atoms. The van der Waals surface area contributed by atoms with Gasteiger partial charge in [0.05, 0.1) is 18.3 Å². The number of aryl methyl sites for hydroxylation is 1. The molecule has 1 fully saturated rings. The van der Waals surface area contributed by atoms with Crippen LogP contribution in [0.3, 0.4) is 0 Å². The first-order valence-corrected chi connectivity index (χ1v) is 7.82. The molecule has 1 amide bonds. The molecule has 0 aliphatic carbocycles. The molecule has 3 heterocycles. The third-order valence-electron chi connectivity index (χ3n) is 4.11. The Morgan fingerprint density at radius 2 is 2.38 bits per heavy atom. The van der Waals surface area contributed by atoms with E-state index in [1.165, 1.54) is 4.57 Å². The van der Waals surface area contributed by atoms with Crippen LogP contribution in [-0.4, -0.2) is 64.7 Å². The maximum Gasteiger partial charge on any atom is 0.293 e. The van der Waals surface area contributed by atoms with Crippen LogP contribution in [0.4, 0.5) is 5.82 Å². The first-order valence-electron chi connectivity index (χ1n) is 7.82. The monoisotopic (exact) mass is 331 g/mol. The van der Waals surface area contributed by atoms with Crippen molar-refractivity contribution < 1.29 is 9.53 Å². The van der Waals surface area contributed by atoms with Gasteiger partial charge in [0.15, 0.2) is 5.82 Å². The number of hydrogen-bond acceptors (Lipinski definition) is 5. The summed E-state index contributed by atoms with van der Waals surface area (Å²) < 4.78 is 7.25. The Bertz CT molecular complexity index is 755. The molecule has 8 nitrogen and oxygen atoms in total. The molecule has 1 aliphatic heterocycles. The Labute approximate surface area is 139 Å². The van der Waals surface area contributed by atoms with Crippen molar-refractivity contribution >= 4 is 11.7 Å². The minimum absolute atomic E-state index is 0.0130. The van der Waals surface area contributed by atoms with Gasteiger partial charge in [-0.3, -0.25) is 9.59 Å². The molecule has 1 N–H and O–H groups in total. The summed E-state index contributed by atoms with van der Waals surface area (Å²) in [6.45, 7) is 2.02. The number of amides is 1.